The van der Waals surface area contributed by atoms with Crippen LogP contribution in [0.5, 0.6) is 5.75 Å². The van der Waals surface area contributed by atoms with E-state index in [1.165, 1.54) is 0 Å². The molecule has 0 aliphatic rings. The van der Waals surface area contributed by atoms with Crippen LogP contribution in [-0.4, -0.2) is 22.4 Å². The van der Waals surface area contributed by atoms with Gasteiger partial charge in [0.05, 0.1) is 6.42 Å². The molecule has 0 saturated carbocycles. The Morgan fingerprint density at radius 2 is 1.86 bits per heavy atom. The van der Waals surface area contributed by atoms with Gasteiger partial charge in [0, 0.05) is 22.7 Å². The summed E-state index contributed by atoms with van der Waals surface area (Å²) in [6.45, 7) is 0. The summed E-state index contributed by atoms with van der Waals surface area (Å²) in [6.07, 6.45) is -11.1. The van der Waals surface area contributed by atoms with Crippen molar-refractivity contribution in [2.75, 3.05) is 0 Å². The summed E-state index contributed by atoms with van der Waals surface area (Å²) >= 11 is 2.78. The maximum atomic E-state index is 12.7. The fourth-order valence-corrected chi connectivity index (χ4v) is 1.88. The third kappa shape index (κ3) is 4.76. The molecule has 0 saturated heterocycles. The van der Waals surface area contributed by atoms with Gasteiger partial charge in [-0.25, -0.2) is 0 Å². The summed E-state index contributed by atoms with van der Waals surface area (Å²) in [5.41, 5.74) is -3.25. The highest BCUT2D eigenvalue weighted by Gasteiger charge is 2.40. The van der Waals surface area contributed by atoms with E-state index in [4.69, 9.17) is 5.11 Å². The van der Waals surface area contributed by atoms with Gasteiger partial charge in [0.1, 0.15) is 5.75 Å². The van der Waals surface area contributed by atoms with E-state index >= 15 is 0 Å². The second-order valence-electron chi connectivity index (χ2n) is 3.69. The monoisotopic (exact) mass is 381 g/mol. The van der Waals surface area contributed by atoms with Crippen LogP contribution in [0.25, 0.3) is 0 Å². The molecule has 0 amide bonds. The van der Waals surface area contributed by atoms with Gasteiger partial charge >= 0.3 is 18.5 Å². The molecule has 0 atom stereocenters. The van der Waals surface area contributed by atoms with E-state index in [0.717, 1.165) is 0 Å². The topological polar surface area (TPSA) is 59.4 Å². The Morgan fingerprint density at radius 3 is 2.24 bits per heavy atom. The molecule has 1 aromatic rings. The SMILES string of the molecule is O=C(O)Cc1c(C(F)(F)F)ncc(CBr)c1OC(F)(F)F. The highest BCUT2D eigenvalue weighted by molar-refractivity contribution is 9.08. The molecule has 0 bridgehead atoms. The molecule has 118 valence electrons. The normalized spacial score (nSPS) is 12.3. The van der Waals surface area contributed by atoms with Crippen LogP contribution in [0.1, 0.15) is 16.8 Å². The molecule has 0 fully saturated rings. The standard InChI is InChI=1S/C10H6BrF6NO3/c11-2-4-3-18-8(9(12,13)14)5(1-6(19)20)7(4)21-10(15,16)17/h3H,1-2H2,(H,19,20). The van der Waals surface area contributed by atoms with Crippen molar-refractivity contribution in [3.05, 3.63) is 23.0 Å². The van der Waals surface area contributed by atoms with Gasteiger partial charge in [-0.1, -0.05) is 15.9 Å². The summed E-state index contributed by atoms with van der Waals surface area (Å²) in [5.74, 6) is -2.95. The number of aromatic nitrogens is 1. The number of carbonyl (C=O) groups is 1. The number of carboxylic acid groups (broad SMARTS) is 1. The first-order valence-corrected chi connectivity index (χ1v) is 6.19. The molecule has 0 aliphatic heterocycles. The van der Waals surface area contributed by atoms with Crippen LogP contribution >= 0.6 is 15.9 Å². The smallest absolute Gasteiger partial charge is 0.481 e. The number of carboxylic acids is 1. The Kier molecular flexibility index (Phi) is 5.07. The Labute approximate surface area is 121 Å². The van der Waals surface area contributed by atoms with Gasteiger partial charge < -0.3 is 9.84 Å². The van der Waals surface area contributed by atoms with Crippen LogP contribution in [0, 0.1) is 0 Å². The van der Waals surface area contributed by atoms with Crippen molar-refractivity contribution in [3.63, 3.8) is 0 Å². The number of nitrogens with zero attached hydrogens (tertiary/aromatic N) is 1. The molecule has 1 heterocycles. The van der Waals surface area contributed by atoms with Gasteiger partial charge in [0.2, 0.25) is 0 Å². The molecule has 0 radical (unpaired) electrons. The zero-order chi connectivity index (χ0) is 16.4. The number of halogens is 7. The second-order valence-corrected chi connectivity index (χ2v) is 4.25. The lowest BCUT2D eigenvalue weighted by molar-refractivity contribution is -0.275. The molecule has 11 heteroatoms. The lowest BCUT2D eigenvalue weighted by Crippen LogP contribution is -2.23. The predicted octanol–water partition coefficient (Wildman–Crippen LogP) is 3.52. The molecule has 0 unspecified atom stereocenters. The van der Waals surface area contributed by atoms with Crippen molar-refractivity contribution in [3.8, 4) is 5.75 Å². The van der Waals surface area contributed by atoms with Crippen LogP contribution in [0.3, 0.4) is 0 Å². The van der Waals surface area contributed by atoms with Crippen LogP contribution < -0.4 is 4.74 Å². The first-order chi connectivity index (χ1) is 9.45. The average molecular weight is 382 g/mol. The number of pyridine rings is 1. The fraction of sp³-hybridized carbons (Fsp3) is 0.400. The molecule has 1 aromatic heterocycles. The third-order valence-electron chi connectivity index (χ3n) is 2.16. The van der Waals surface area contributed by atoms with Crippen molar-refractivity contribution in [1.82, 2.24) is 4.98 Å². The highest BCUT2D eigenvalue weighted by atomic mass is 79.9. The minimum Gasteiger partial charge on any atom is -0.481 e. The van der Waals surface area contributed by atoms with E-state index in [0.29, 0.717) is 6.20 Å². The van der Waals surface area contributed by atoms with E-state index in [9.17, 15) is 31.1 Å². The van der Waals surface area contributed by atoms with Crippen molar-refractivity contribution in [2.45, 2.75) is 24.3 Å². The molecule has 4 nitrogen and oxygen atoms in total. The first-order valence-electron chi connectivity index (χ1n) is 5.07. The van der Waals surface area contributed by atoms with Crippen LogP contribution in [-0.2, 0) is 22.7 Å². The Bertz CT molecular complexity index is 543. The van der Waals surface area contributed by atoms with E-state index in [1.807, 2.05) is 0 Å². The lowest BCUT2D eigenvalue weighted by atomic mass is 10.1. The maximum absolute atomic E-state index is 12.7. The summed E-state index contributed by atoms with van der Waals surface area (Å²) in [4.78, 5) is 13.6. The van der Waals surface area contributed by atoms with Crippen LogP contribution in [0.4, 0.5) is 26.3 Å². The van der Waals surface area contributed by atoms with Crippen molar-refractivity contribution < 1.29 is 41.0 Å². The number of ether oxygens (including phenoxy) is 1. The molecule has 0 aliphatic carbocycles. The van der Waals surface area contributed by atoms with E-state index < -0.39 is 41.9 Å². The quantitative estimate of drug-likeness (QED) is 0.640. The van der Waals surface area contributed by atoms with Crippen molar-refractivity contribution in [2.24, 2.45) is 0 Å². The van der Waals surface area contributed by atoms with Crippen molar-refractivity contribution >= 4 is 21.9 Å². The summed E-state index contributed by atoms with van der Waals surface area (Å²) < 4.78 is 78.7. The highest BCUT2D eigenvalue weighted by Crippen LogP contribution is 2.39. The summed E-state index contributed by atoms with van der Waals surface area (Å²) in [6, 6.07) is 0. The molecule has 1 N–H and O–H groups in total. The minimum absolute atomic E-state index is 0.295. The van der Waals surface area contributed by atoms with Crippen molar-refractivity contribution in [1.29, 1.82) is 0 Å². The Morgan fingerprint density at radius 1 is 1.29 bits per heavy atom. The minimum atomic E-state index is -5.27. The van der Waals surface area contributed by atoms with Crippen LogP contribution in [0.15, 0.2) is 6.20 Å². The number of alkyl halides is 7. The number of aliphatic carboxylic acids is 1. The van der Waals surface area contributed by atoms with Gasteiger partial charge in [0.25, 0.3) is 0 Å². The van der Waals surface area contributed by atoms with Gasteiger partial charge in [-0.05, 0) is 0 Å². The zero-order valence-corrected chi connectivity index (χ0v) is 11.4. The third-order valence-corrected chi connectivity index (χ3v) is 2.76. The summed E-state index contributed by atoms with van der Waals surface area (Å²) in [7, 11) is 0. The molecule has 0 aromatic carbocycles. The van der Waals surface area contributed by atoms with Crippen LogP contribution in [0.2, 0.25) is 0 Å². The molecule has 1 rings (SSSR count). The fourth-order valence-electron chi connectivity index (χ4n) is 1.48. The summed E-state index contributed by atoms with van der Waals surface area (Å²) in [5, 5.41) is 8.30. The second kappa shape index (κ2) is 6.08. The van der Waals surface area contributed by atoms with E-state index in [-0.39, 0.29) is 10.9 Å². The van der Waals surface area contributed by atoms with E-state index in [2.05, 4.69) is 25.7 Å². The average Bonchev–Trinajstić information content (AvgIpc) is 2.27. The Balaban J connectivity index is 3.57. The molecular weight excluding hydrogens is 376 g/mol. The van der Waals surface area contributed by atoms with Gasteiger partial charge in [0.15, 0.2) is 5.69 Å². The molecule has 0 spiro atoms. The maximum Gasteiger partial charge on any atom is 0.573 e. The zero-order valence-electron chi connectivity index (χ0n) is 9.85. The van der Waals surface area contributed by atoms with E-state index in [1.54, 1.807) is 0 Å². The largest absolute Gasteiger partial charge is 0.573 e. The van der Waals surface area contributed by atoms with Gasteiger partial charge in [-0.15, -0.1) is 13.2 Å². The van der Waals surface area contributed by atoms with Gasteiger partial charge in [-0.3, -0.25) is 9.78 Å². The number of hydrogen-bond acceptors (Lipinski definition) is 3. The molecular formula is C10H6BrF6NO3. The number of rotatable bonds is 4. The first kappa shape index (κ1) is 17.5. The lowest BCUT2D eigenvalue weighted by Gasteiger charge is -2.19. The number of hydrogen-bond donors (Lipinski definition) is 1. The predicted molar refractivity (Wildman–Crippen MR) is 59.9 cm³/mol. The molecule has 21 heavy (non-hydrogen) atoms. The Hall–Kier alpha value is -1.52. The van der Waals surface area contributed by atoms with Gasteiger partial charge in [-0.2, -0.15) is 13.2 Å².